The van der Waals surface area contributed by atoms with E-state index in [1.165, 1.54) is 0 Å². The Morgan fingerprint density at radius 1 is 1.10 bits per heavy atom. The second-order valence-corrected chi connectivity index (χ2v) is 9.55. The molecule has 2 aromatic carbocycles. The van der Waals surface area contributed by atoms with Gasteiger partial charge in [-0.3, -0.25) is 9.59 Å². The number of rotatable bonds is 7. The van der Waals surface area contributed by atoms with E-state index in [1.807, 2.05) is 61.7 Å². The Morgan fingerprint density at radius 2 is 1.90 bits per heavy atom. The Morgan fingerprint density at radius 3 is 2.67 bits per heavy atom. The summed E-state index contributed by atoms with van der Waals surface area (Å²) < 4.78 is 18.9. The summed E-state index contributed by atoms with van der Waals surface area (Å²) in [4.78, 5) is 30.8. The van der Waals surface area contributed by atoms with Crippen molar-refractivity contribution in [3.8, 4) is 22.8 Å². The fourth-order valence-corrected chi connectivity index (χ4v) is 5.03. The van der Waals surface area contributed by atoms with Gasteiger partial charge < -0.3 is 25.3 Å². The third kappa shape index (κ3) is 4.53. The second kappa shape index (κ2) is 9.97. The van der Waals surface area contributed by atoms with Crippen molar-refractivity contribution in [2.24, 2.45) is 5.73 Å². The van der Waals surface area contributed by atoms with Crippen LogP contribution in [0.2, 0.25) is 0 Å². The average Bonchev–Trinajstić information content (AvgIpc) is 3.62. The van der Waals surface area contributed by atoms with Gasteiger partial charge in [0, 0.05) is 23.5 Å². The number of pyridine rings is 1. The predicted molar refractivity (Wildman–Crippen MR) is 141 cm³/mol. The summed E-state index contributed by atoms with van der Waals surface area (Å²) in [6.07, 6.45) is 3.67. The lowest BCUT2D eigenvalue weighted by atomic mass is 9.97. The number of nitrogens with two attached hydrogens (primary N) is 1. The SMILES string of the molecule is Cc1ccc2c(c1)-c1nn(-c3ncccc3C(=O)NC(Cc3ccccc3)C3(C(N)=O)OCCO3)cc1CO2. The number of nitrogens with one attached hydrogen (secondary N) is 1. The number of carbonyl (C=O) groups is 2. The summed E-state index contributed by atoms with van der Waals surface area (Å²) in [6.45, 7) is 2.73. The van der Waals surface area contributed by atoms with Gasteiger partial charge >= 0.3 is 0 Å². The first-order valence-electron chi connectivity index (χ1n) is 12.6. The normalized spacial score (nSPS) is 16.0. The highest BCUT2D eigenvalue weighted by Crippen LogP contribution is 2.37. The minimum atomic E-state index is -1.79. The van der Waals surface area contributed by atoms with Gasteiger partial charge in [-0.25, -0.2) is 9.67 Å². The molecule has 2 amide bonds. The molecule has 198 valence electrons. The molecule has 3 N–H and O–H groups in total. The van der Waals surface area contributed by atoms with E-state index in [0.29, 0.717) is 12.4 Å². The Kier molecular flexibility index (Phi) is 6.34. The topological polar surface area (TPSA) is 131 Å². The van der Waals surface area contributed by atoms with E-state index >= 15 is 0 Å². The Bertz CT molecular complexity index is 1540. The summed E-state index contributed by atoms with van der Waals surface area (Å²) >= 11 is 0. The molecule has 0 aliphatic carbocycles. The van der Waals surface area contributed by atoms with Crippen molar-refractivity contribution in [2.45, 2.75) is 31.8 Å². The van der Waals surface area contributed by atoms with Crippen LogP contribution < -0.4 is 15.8 Å². The van der Waals surface area contributed by atoms with Gasteiger partial charge in [0.1, 0.15) is 18.1 Å². The largest absolute Gasteiger partial charge is 0.488 e. The molecule has 0 bridgehead atoms. The van der Waals surface area contributed by atoms with Gasteiger partial charge in [0.05, 0.1) is 24.8 Å². The first-order valence-corrected chi connectivity index (χ1v) is 12.6. The molecule has 0 saturated carbocycles. The van der Waals surface area contributed by atoms with Gasteiger partial charge in [-0.05, 0) is 43.2 Å². The minimum Gasteiger partial charge on any atom is -0.488 e. The van der Waals surface area contributed by atoms with Crippen LogP contribution in [0.1, 0.15) is 27.0 Å². The lowest BCUT2D eigenvalue weighted by Gasteiger charge is -2.33. The van der Waals surface area contributed by atoms with Crippen molar-refractivity contribution in [3.05, 3.63) is 95.3 Å². The zero-order chi connectivity index (χ0) is 27.0. The maximum Gasteiger partial charge on any atom is 0.280 e. The molecule has 2 aliphatic rings. The van der Waals surface area contributed by atoms with Crippen molar-refractivity contribution in [3.63, 3.8) is 0 Å². The fraction of sp³-hybridized carbons (Fsp3) is 0.241. The van der Waals surface area contributed by atoms with Crippen LogP contribution in [0.4, 0.5) is 0 Å². The highest BCUT2D eigenvalue weighted by Gasteiger charge is 2.51. The molecule has 39 heavy (non-hydrogen) atoms. The number of nitrogens with zero attached hydrogens (tertiary/aromatic N) is 3. The smallest absolute Gasteiger partial charge is 0.280 e. The molecule has 6 rings (SSSR count). The number of carbonyl (C=O) groups excluding carboxylic acids is 2. The van der Waals surface area contributed by atoms with Crippen molar-refractivity contribution >= 4 is 11.8 Å². The highest BCUT2D eigenvalue weighted by molar-refractivity contribution is 5.98. The molecule has 10 nitrogen and oxygen atoms in total. The van der Waals surface area contributed by atoms with Gasteiger partial charge in [-0.1, -0.05) is 42.0 Å². The van der Waals surface area contributed by atoms with E-state index in [9.17, 15) is 9.59 Å². The van der Waals surface area contributed by atoms with Gasteiger partial charge in [0.2, 0.25) is 0 Å². The number of aromatic nitrogens is 3. The lowest BCUT2D eigenvalue weighted by Crippen LogP contribution is -2.61. The van der Waals surface area contributed by atoms with Crippen molar-refractivity contribution < 1.29 is 23.8 Å². The van der Waals surface area contributed by atoms with Gasteiger partial charge in [0.25, 0.3) is 17.6 Å². The van der Waals surface area contributed by atoms with E-state index in [-0.39, 0.29) is 25.2 Å². The third-order valence-electron chi connectivity index (χ3n) is 6.92. The lowest BCUT2D eigenvalue weighted by molar-refractivity contribution is -0.189. The van der Waals surface area contributed by atoms with E-state index in [4.69, 9.17) is 25.0 Å². The number of benzene rings is 2. The molecule has 1 saturated heterocycles. The Labute approximate surface area is 224 Å². The minimum absolute atomic E-state index is 0.185. The molecular weight excluding hydrogens is 498 g/mol. The third-order valence-corrected chi connectivity index (χ3v) is 6.92. The summed E-state index contributed by atoms with van der Waals surface area (Å²) in [5.74, 6) is -1.98. The Balaban J connectivity index is 1.35. The van der Waals surface area contributed by atoms with Crippen molar-refractivity contribution in [1.82, 2.24) is 20.1 Å². The predicted octanol–water partition coefficient (Wildman–Crippen LogP) is 2.70. The molecule has 4 heterocycles. The monoisotopic (exact) mass is 525 g/mol. The molecule has 1 unspecified atom stereocenters. The van der Waals surface area contributed by atoms with Crippen molar-refractivity contribution in [2.75, 3.05) is 13.2 Å². The molecular formula is C29H27N5O5. The number of amides is 2. The highest BCUT2D eigenvalue weighted by atomic mass is 16.7. The number of fused-ring (bicyclic) bond motifs is 3. The average molecular weight is 526 g/mol. The number of ether oxygens (including phenoxy) is 3. The standard InChI is InChI=1S/C29H27N5O5/c1-18-9-10-23-22(14-18)25-20(17-37-23)16-34(33-25)26-21(8-5-11-31-26)27(35)32-24(15-19-6-3-2-4-7-19)29(28(30)36)38-12-13-39-29/h2-11,14,16,24H,12-13,15,17H2,1H3,(H2,30,36)(H,32,35). The molecule has 10 heteroatoms. The zero-order valence-corrected chi connectivity index (χ0v) is 21.3. The van der Waals surface area contributed by atoms with Crippen LogP contribution in [-0.2, 0) is 27.3 Å². The van der Waals surface area contributed by atoms with Crippen LogP contribution in [0.15, 0.2) is 73.1 Å². The molecule has 0 radical (unpaired) electrons. The van der Waals surface area contributed by atoms with E-state index < -0.39 is 23.6 Å². The maximum absolute atomic E-state index is 13.8. The van der Waals surface area contributed by atoms with Gasteiger partial charge in [-0.15, -0.1) is 0 Å². The van der Waals surface area contributed by atoms with Crippen molar-refractivity contribution in [1.29, 1.82) is 0 Å². The quantitative estimate of drug-likeness (QED) is 0.379. The molecule has 2 aliphatic heterocycles. The molecule has 0 spiro atoms. The number of aryl methyl sites for hydroxylation is 1. The maximum atomic E-state index is 13.8. The fourth-order valence-electron chi connectivity index (χ4n) is 5.03. The van der Waals surface area contributed by atoms with E-state index in [0.717, 1.165) is 33.7 Å². The zero-order valence-electron chi connectivity index (χ0n) is 21.3. The van der Waals surface area contributed by atoms with Gasteiger partial charge in [0.15, 0.2) is 5.82 Å². The molecule has 4 aromatic rings. The number of hydrogen-bond acceptors (Lipinski definition) is 7. The number of hydrogen-bond donors (Lipinski definition) is 2. The molecule has 1 atom stereocenters. The number of primary amides is 1. The van der Waals surface area contributed by atoms with Crippen LogP contribution >= 0.6 is 0 Å². The van der Waals surface area contributed by atoms with Crippen LogP contribution in [0, 0.1) is 6.92 Å². The second-order valence-electron chi connectivity index (χ2n) is 9.55. The first-order chi connectivity index (χ1) is 18.9. The van der Waals surface area contributed by atoms with Crippen LogP contribution in [0.25, 0.3) is 17.1 Å². The summed E-state index contributed by atoms with van der Waals surface area (Å²) in [5, 5.41) is 7.73. The summed E-state index contributed by atoms with van der Waals surface area (Å²) in [6, 6.07) is 17.8. The van der Waals surface area contributed by atoms with E-state index in [2.05, 4.69) is 10.3 Å². The van der Waals surface area contributed by atoms with Crippen LogP contribution in [0.5, 0.6) is 5.75 Å². The summed E-state index contributed by atoms with van der Waals surface area (Å²) in [7, 11) is 0. The Hall–Kier alpha value is -4.54. The van der Waals surface area contributed by atoms with Crippen LogP contribution in [0.3, 0.4) is 0 Å². The molecule has 1 fully saturated rings. The van der Waals surface area contributed by atoms with E-state index in [1.54, 1.807) is 23.0 Å². The van der Waals surface area contributed by atoms with Gasteiger partial charge in [-0.2, -0.15) is 5.10 Å². The molecule has 2 aromatic heterocycles. The first kappa shape index (κ1) is 24.8. The summed E-state index contributed by atoms with van der Waals surface area (Å²) in [5.41, 5.74) is 10.5. The van der Waals surface area contributed by atoms with Crippen LogP contribution in [-0.4, -0.2) is 51.6 Å².